The molecule has 100 valence electrons. The number of aliphatic carboxylic acids is 1. The van der Waals surface area contributed by atoms with E-state index in [4.69, 9.17) is 14.6 Å². The Hall–Kier alpha value is -1.62. The van der Waals surface area contributed by atoms with Crippen molar-refractivity contribution in [3.05, 3.63) is 29.1 Å². The van der Waals surface area contributed by atoms with E-state index in [1.54, 1.807) is 13.0 Å². The van der Waals surface area contributed by atoms with E-state index < -0.39 is 17.7 Å². The van der Waals surface area contributed by atoms with E-state index in [0.717, 1.165) is 0 Å². The largest absolute Gasteiger partial charge is 0.496 e. The number of rotatable bonds is 6. The minimum Gasteiger partial charge on any atom is -0.496 e. The molecule has 4 nitrogen and oxygen atoms in total. The Morgan fingerprint density at radius 1 is 1.44 bits per heavy atom. The highest BCUT2D eigenvalue weighted by Crippen LogP contribution is 2.29. The molecule has 0 amide bonds. The van der Waals surface area contributed by atoms with Gasteiger partial charge in [0.25, 0.3) is 0 Å². The molecule has 0 fully saturated rings. The summed E-state index contributed by atoms with van der Waals surface area (Å²) in [4.78, 5) is 10.8. The van der Waals surface area contributed by atoms with Crippen LogP contribution in [-0.4, -0.2) is 25.3 Å². The first kappa shape index (κ1) is 14.4. The minimum absolute atomic E-state index is 0.0876. The second-order valence-electron chi connectivity index (χ2n) is 4.09. The zero-order chi connectivity index (χ0) is 13.7. The van der Waals surface area contributed by atoms with Gasteiger partial charge in [0.05, 0.1) is 25.2 Å². The van der Waals surface area contributed by atoms with Gasteiger partial charge in [0.1, 0.15) is 11.6 Å². The summed E-state index contributed by atoms with van der Waals surface area (Å²) >= 11 is 0. The highest BCUT2D eigenvalue weighted by molar-refractivity contribution is 5.70. The molecule has 1 aromatic carbocycles. The van der Waals surface area contributed by atoms with Crippen LogP contribution in [0.15, 0.2) is 12.1 Å². The van der Waals surface area contributed by atoms with Crippen molar-refractivity contribution in [1.29, 1.82) is 0 Å². The highest BCUT2D eigenvalue weighted by atomic mass is 19.1. The number of benzene rings is 1. The lowest BCUT2D eigenvalue weighted by molar-refractivity contribution is -0.141. The Balaban J connectivity index is 3.12. The van der Waals surface area contributed by atoms with E-state index in [1.165, 1.54) is 20.3 Å². The van der Waals surface area contributed by atoms with E-state index in [0.29, 0.717) is 16.9 Å². The summed E-state index contributed by atoms with van der Waals surface area (Å²) in [5.41, 5.74) is 0.982. The lowest BCUT2D eigenvalue weighted by atomic mass is 9.98. The Kier molecular flexibility index (Phi) is 5.09. The first-order valence-electron chi connectivity index (χ1n) is 5.57. The summed E-state index contributed by atoms with van der Waals surface area (Å²) < 4.78 is 23.7. The molecule has 0 aliphatic carbocycles. The molecule has 0 spiro atoms. The zero-order valence-corrected chi connectivity index (χ0v) is 10.7. The summed E-state index contributed by atoms with van der Waals surface area (Å²) in [6.45, 7) is 1.69. The molecule has 1 N–H and O–H groups in total. The molecule has 1 atom stereocenters. The lowest BCUT2D eigenvalue weighted by Crippen LogP contribution is -2.13. The summed E-state index contributed by atoms with van der Waals surface area (Å²) in [5, 5.41) is 8.89. The summed E-state index contributed by atoms with van der Waals surface area (Å²) in [5.74, 6) is -1.50. The molecule has 1 aromatic rings. The van der Waals surface area contributed by atoms with Crippen LogP contribution in [0.3, 0.4) is 0 Å². The van der Waals surface area contributed by atoms with E-state index in [9.17, 15) is 9.18 Å². The molecule has 5 heteroatoms. The van der Waals surface area contributed by atoms with Crippen LogP contribution in [0, 0.1) is 11.7 Å². The van der Waals surface area contributed by atoms with Crippen molar-refractivity contribution in [2.24, 2.45) is 5.92 Å². The summed E-state index contributed by atoms with van der Waals surface area (Å²) in [6.07, 6.45) is 0.287. The number of carbonyl (C=O) groups is 1. The van der Waals surface area contributed by atoms with E-state index in [2.05, 4.69) is 0 Å². The molecule has 18 heavy (non-hydrogen) atoms. The van der Waals surface area contributed by atoms with Gasteiger partial charge in [0, 0.05) is 7.11 Å². The van der Waals surface area contributed by atoms with Gasteiger partial charge in [-0.15, -0.1) is 0 Å². The second kappa shape index (κ2) is 6.35. The van der Waals surface area contributed by atoms with Crippen LogP contribution in [0.2, 0.25) is 0 Å². The maximum absolute atomic E-state index is 13.6. The van der Waals surface area contributed by atoms with Crippen LogP contribution in [-0.2, 0) is 22.6 Å². The number of ether oxygens (including phenoxy) is 2. The SMILES string of the molecule is COCc1c(F)ccc(CC(C)C(=O)O)c1OC. The van der Waals surface area contributed by atoms with Crippen LogP contribution in [0.25, 0.3) is 0 Å². The lowest BCUT2D eigenvalue weighted by Gasteiger charge is -2.15. The molecule has 0 bridgehead atoms. The normalized spacial score (nSPS) is 12.2. The number of hydrogen-bond acceptors (Lipinski definition) is 3. The van der Waals surface area contributed by atoms with Crippen molar-refractivity contribution in [1.82, 2.24) is 0 Å². The van der Waals surface area contributed by atoms with Gasteiger partial charge in [0.2, 0.25) is 0 Å². The molecule has 0 saturated carbocycles. The molecule has 0 heterocycles. The number of halogens is 1. The molecular formula is C13H17FO4. The third-order valence-electron chi connectivity index (χ3n) is 2.73. The molecule has 0 aliphatic rings. The number of methoxy groups -OCH3 is 2. The van der Waals surface area contributed by atoms with Crippen LogP contribution >= 0.6 is 0 Å². The maximum Gasteiger partial charge on any atom is 0.306 e. The van der Waals surface area contributed by atoms with Crippen LogP contribution < -0.4 is 4.74 Å². The third kappa shape index (κ3) is 3.20. The van der Waals surface area contributed by atoms with Gasteiger partial charge in [-0.3, -0.25) is 4.79 Å². The monoisotopic (exact) mass is 256 g/mol. The quantitative estimate of drug-likeness (QED) is 0.848. The molecule has 0 aliphatic heterocycles. The topological polar surface area (TPSA) is 55.8 Å². The first-order valence-corrected chi connectivity index (χ1v) is 5.57. The minimum atomic E-state index is -0.894. The van der Waals surface area contributed by atoms with Crippen molar-refractivity contribution in [2.45, 2.75) is 20.0 Å². The fourth-order valence-electron chi connectivity index (χ4n) is 1.76. The van der Waals surface area contributed by atoms with E-state index in [-0.39, 0.29) is 13.0 Å². The third-order valence-corrected chi connectivity index (χ3v) is 2.73. The Labute approximate surface area is 105 Å². The van der Waals surface area contributed by atoms with Crippen LogP contribution in [0.4, 0.5) is 4.39 Å². The highest BCUT2D eigenvalue weighted by Gasteiger charge is 2.18. The van der Waals surface area contributed by atoms with E-state index in [1.807, 2.05) is 0 Å². The van der Waals surface area contributed by atoms with Gasteiger partial charge in [-0.05, 0) is 18.1 Å². The smallest absolute Gasteiger partial charge is 0.306 e. The fraction of sp³-hybridized carbons (Fsp3) is 0.462. The molecule has 1 rings (SSSR count). The maximum atomic E-state index is 13.6. The van der Waals surface area contributed by atoms with Gasteiger partial charge < -0.3 is 14.6 Å². The average molecular weight is 256 g/mol. The number of carboxylic acids is 1. The number of hydrogen-bond donors (Lipinski definition) is 1. The first-order chi connectivity index (χ1) is 8.51. The summed E-state index contributed by atoms with van der Waals surface area (Å²) in [6, 6.07) is 2.85. The van der Waals surface area contributed by atoms with Crippen molar-refractivity contribution in [3.8, 4) is 5.75 Å². The average Bonchev–Trinajstić information content (AvgIpc) is 2.33. The van der Waals surface area contributed by atoms with Crippen LogP contribution in [0.1, 0.15) is 18.1 Å². The van der Waals surface area contributed by atoms with Crippen molar-refractivity contribution < 1.29 is 23.8 Å². The van der Waals surface area contributed by atoms with Crippen molar-refractivity contribution in [3.63, 3.8) is 0 Å². The molecule has 0 saturated heterocycles. The van der Waals surface area contributed by atoms with Gasteiger partial charge in [0.15, 0.2) is 0 Å². The van der Waals surface area contributed by atoms with Crippen molar-refractivity contribution in [2.75, 3.05) is 14.2 Å². The van der Waals surface area contributed by atoms with Gasteiger partial charge >= 0.3 is 5.97 Å². The predicted molar refractivity (Wildman–Crippen MR) is 64.2 cm³/mol. The van der Waals surface area contributed by atoms with Crippen LogP contribution in [0.5, 0.6) is 5.75 Å². The standard InChI is InChI=1S/C13H17FO4/c1-8(13(15)16)6-9-4-5-11(14)10(7-17-2)12(9)18-3/h4-5,8H,6-7H2,1-3H3,(H,15,16). The van der Waals surface area contributed by atoms with Crippen molar-refractivity contribution >= 4 is 5.97 Å². The summed E-state index contributed by atoms with van der Waals surface area (Å²) in [7, 11) is 2.90. The second-order valence-corrected chi connectivity index (χ2v) is 4.09. The Bertz CT molecular complexity index is 431. The van der Waals surface area contributed by atoms with Gasteiger partial charge in [-0.25, -0.2) is 4.39 Å². The van der Waals surface area contributed by atoms with E-state index >= 15 is 0 Å². The predicted octanol–water partition coefficient (Wildman–Crippen LogP) is 2.24. The Morgan fingerprint density at radius 2 is 2.11 bits per heavy atom. The van der Waals surface area contributed by atoms with Gasteiger partial charge in [-0.2, -0.15) is 0 Å². The molecule has 0 aromatic heterocycles. The fourth-order valence-corrected chi connectivity index (χ4v) is 1.76. The molecule has 0 radical (unpaired) electrons. The molecule has 1 unspecified atom stereocenters. The Morgan fingerprint density at radius 3 is 2.61 bits per heavy atom. The molecular weight excluding hydrogens is 239 g/mol. The number of carboxylic acid groups (broad SMARTS) is 1. The van der Waals surface area contributed by atoms with Gasteiger partial charge in [-0.1, -0.05) is 13.0 Å². The zero-order valence-electron chi connectivity index (χ0n) is 10.7.